The molecule has 1 unspecified atom stereocenters. The van der Waals surface area contributed by atoms with Crippen molar-refractivity contribution in [2.45, 2.75) is 26.3 Å². The number of rotatable bonds is 5. The number of benzene rings is 2. The molecule has 1 heterocycles. The Morgan fingerprint density at radius 1 is 1.08 bits per heavy atom. The van der Waals surface area contributed by atoms with E-state index in [4.69, 9.17) is 0 Å². The van der Waals surface area contributed by atoms with Crippen molar-refractivity contribution in [1.82, 2.24) is 15.1 Å². The van der Waals surface area contributed by atoms with Crippen molar-refractivity contribution < 1.29 is 4.79 Å². The van der Waals surface area contributed by atoms with Crippen LogP contribution in [-0.4, -0.2) is 22.2 Å². The van der Waals surface area contributed by atoms with Gasteiger partial charge in [-0.25, -0.2) is 4.68 Å². The Hall–Kier alpha value is -2.95. The van der Waals surface area contributed by atoms with Crippen LogP contribution in [0, 0.1) is 6.92 Å². The Kier molecular flexibility index (Phi) is 4.93. The highest BCUT2D eigenvalue weighted by atomic mass is 16.2. The fourth-order valence-electron chi connectivity index (χ4n) is 2.87. The molecule has 0 saturated heterocycles. The molecule has 0 saturated carbocycles. The molecule has 3 aromatic rings. The first kappa shape index (κ1) is 16.9. The summed E-state index contributed by atoms with van der Waals surface area (Å²) < 4.78 is 1.24. The molecule has 5 nitrogen and oxygen atoms in total. The van der Waals surface area contributed by atoms with Gasteiger partial charge in [-0.15, -0.1) is 0 Å². The van der Waals surface area contributed by atoms with Crippen molar-refractivity contribution >= 4 is 16.7 Å². The van der Waals surface area contributed by atoms with E-state index in [-0.39, 0.29) is 23.9 Å². The lowest BCUT2D eigenvalue weighted by atomic mass is 10.0. The normalized spacial score (nSPS) is 12.1. The van der Waals surface area contributed by atoms with Gasteiger partial charge in [0.2, 0.25) is 5.91 Å². The van der Waals surface area contributed by atoms with Gasteiger partial charge in [0.25, 0.3) is 5.56 Å². The SMILES string of the molecule is Cc1nn(CC(=O)NCC(C)c2ccccc2)c(=O)c2ccccc12. The van der Waals surface area contributed by atoms with Crippen molar-refractivity contribution in [3.05, 3.63) is 76.2 Å². The number of aryl methyl sites for hydroxylation is 1. The molecule has 1 atom stereocenters. The van der Waals surface area contributed by atoms with Crippen molar-refractivity contribution in [2.24, 2.45) is 0 Å². The van der Waals surface area contributed by atoms with Gasteiger partial charge in [-0.2, -0.15) is 5.10 Å². The molecule has 0 aliphatic carbocycles. The van der Waals surface area contributed by atoms with Crippen LogP contribution in [0.3, 0.4) is 0 Å². The van der Waals surface area contributed by atoms with E-state index in [0.717, 1.165) is 11.1 Å². The van der Waals surface area contributed by atoms with Crippen LogP contribution in [0.25, 0.3) is 10.8 Å². The zero-order chi connectivity index (χ0) is 17.8. The number of carbonyl (C=O) groups excluding carboxylic acids is 1. The molecule has 5 heteroatoms. The molecule has 3 rings (SSSR count). The van der Waals surface area contributed by atoms with Gasteiger partial charge in [-0.05, 0) is 24.5 Å². The number of nitrogens with one attached hydrogen (secondary N) is 1. The van der Waals surface area contributed by atoms with Crippen LogP contribution in [0.2, 0.25) is 0 Å². The fraction of sp³-hybridized carbons (Fsp3) is 0.250. The second-order valence-corrected chi connectivity index (χ2v) is 6.21. The lowest BCUT2D eigenvalue weighted by Crippen LogP contribution is -2.35. The molecule has 0 fully saturated rings. The molecule has 1 N–H and O–H groups in total. The van der Waals surface area contributed by atoms with Crippen LogP contribution < -0.4 is 10.9 Å². The number of hydrogen-bond donors (Lipinski definition) is 1. The monoisotopic (exact) mass is 335 g/mol. The third-order valence-corrected chi connectivity index (χ3v) is 4.32. The van der Waals surface area contributed by atoms with Crippen LogP contribution in [0.5, 0.6) is 0 Å². The number of fused-ring (bicyclic) bond motifs is 1. The third-order valence-electron chi connectivity index (χ3n) is 4.32. The van der Waals surface area contributed by atoms with Gasteiger partial charge in [0.1, 0.15) is 6.54 Å². The maximum Gasteiger partial charge on any atom is 0.275 e. The minimum atomic E-state index is -0.243. The quantitative estimate of drug-likeness (QED) is 0.779. The molecule has 1 amide bonds. The van der Waals surface area contributed by atoms with Gasteiger partial charge in [-0.3, -0.25) is 9.59 Å². The first-order valence-corrected chi connectivity index (χ1v) is 8.34. The second-order valence-electron chi connectivity index (χ2n) is 6.21. The Bertz CT molecular complexity index is 948. The molecule has 2 aromatic carbocycles. The summed E-state index contributed by atoms with van der Waals surface area (Å²) in [4.78, 5) is 24.7. The molecule has 0 aliphatic rings. The van der Waals surface area contributed by atoms with E-state index in [1.807, 2.05) is 55.5 Å². The van der Waals surface area contributed by atoms with Gasteiger partial charge >= 0.3 is 0 Å². The van der Waals surface area contributed by atoms with E-state index in [9.17, 15) is 9.59 Å². The molecule has 25 heavy (non-hydrogen) atoms. The van der Waals surface area contributed by atoms with E-state index in [1.165, 1.54) is 10.2 Å². The largest absolute Gasteiger partial charge is 0.354 e. The van der Waals surface area contributed by atoms with Crippen LogP contribution in [0.4, 0.5) is 0 Å². The highest BCUT2D eigenvalue weighted by Crippen LogP contribution is 2.13. The third kappa shape index (κ3) is 3.76. The van der Waals surface area contributed by atoms with Crippen molar-refractivity contribution in [2.75, 3.05) is 6.54 Å². The van der Waals surface area contributed by atoms with Gasteiger partial charge < -0.3 is 5.32 Å². The summed E-state index contributed by atoms with van der Waals surface area (Å²) in [5.41, 5.74) is 1.66. The Morgan fingerprint density at radius 2 is 1.72 bits per heavy atom. The summed E-state index contributed by atoms with van der Waals surface area (Å²) in [6.45, 7) is 4.34. The smallest absolute Gasteiger partial charge is 0.275 e. The first-order valence-electron chi connectivity index (χ1n) is 8.34. The summed E-state index contributed by atoms with van der Waals surface area (Å²) in [7, 11) is 0. The van der Waals surface area contributed by atoms with E-state index < -0.39 is 0 Å². The lowest BCUT2D eigenvalue weighted by Gasteiger charge is -2.14. The van der Waals surface area contributed by atoms with Gasteiger partial charge in [0, 0.05) is 11.9 Å². The molecule has 0 radical (unpaired) electrons. The molecular weight excluding hydrogens is 314 g/mol. The lowest BCUT2D eigenvalue weighted by molar-refractivity contribution is -0.121. The predicted octanol–water partition coefficient (Wildman–Crippen LogP) is 2.62. The molecular formula is C20H21N3O2. The maximum absolute atomic E-state index is 12.5. The maximum atomic E-state index is 12.5. The van der Waals surface area contributed by atoms with Gasteiger partial charge in [-0.1, -0.05) is 55.5 Å². The predicted molar refractivity (Wildman–Crippen MR) is 98.6 cm³/mol. The number of hydrogen-bond acceptors (Lipinski definition) is 3. The van der Waals surface area contributed by atoms with Gasteiger partial charge in [0.15, 0.2) is 0 Å². The highest BCUT2D eigenvalue weighted by molar-refractivity contribution is 5.83. The fourth-order valence-corrected chi connectivity index (χ4v) is 2.87. The van der Waals surface area contributed by atoms with Crippen molar-refractivity contribution in [1.29, 1.82) is 0 Å². The number of nitrogens with zero attached hydrogens (tertiary/aromatic N) is 2. The van der Waals surface area contributed by atoms with Crippen LogP contribution in [-0.2, 0) is 11.3 Å². The molecule has 1 aromatic heterocycles. The molecule has 0 bridgehead atoms. The van der Waals surface area contributed by atoms with Crippen molar-refractivity contribution in [3.8, 4) is 0 Å². The van der Waals surface area contributed by atoms with Crippen LogP contribution in [0.15, 0.2) is 59.4 Å². The summed E-state index contributed by atoms with van der Waals surface area (Å²) in [6, 6.07) is 17.3. The number of carbonyl (C=O) groups is 1. The minimum Gasteiger partial charge on any atom is -0.354 e. The van der Waals surface area contributed by atoms with E-state index in [2.05, 4.69) is 17.3 Å². The Morgan fingerprint density at radius 3 is 2.44 bits per heavy atom. The summed E-state index contributed by atoms with van der Waals surface area (Å²) >= 11 is 0. The average Bonchev–Trinajstić information content (AvgIpc) is 2.64. The number of aromatic nitrogens is 2. The Labute approximate surface area is 146 Å². The van der Waals surface area contributed by atoms with E-state index in [1.54, 1.807) is 6.07 Å². The second kappa shape index (κ2) is 7.30. The standard InChI is InChI=1S/C20H21N3O2/c1-14(16-8-4-3-5-9-16)12-21-19(24)13-23-20(25)18-11-7-6-10-17(18)15(2)22-23/h3-11,14H,12-13H2,1-2H3,(H,21,24). The minimum absolute atomic E-state index is 0.0774. The number of amides is 1. The van der Waals surface area contributed by atoms with E-state index in [0.29, 0.717) is 11.9 Å². The van der Waals surface area contributed by atoms with Crippen molar-refractivity contribution in [3.63, 3.8) is 0 Å². The Balaban J connectivity index is 1.70. The summed E-state index contributed by atoms with van der Waals surface area (Å²) in [5.74, 6) is -0.0137. The van der Waals surface area contributed by atoms with E-state index >= 15 is 0 Å². The summed E-state index contributed by atoms with van der Waals surface area (Å²) in [5, 5.41) is 8.56. The van der Waals surface area contributed by atoms with Crippen LogP contribution in [0.1, 0.15) is 24.1 Å². The zero-order valence-corrected chi connectivity index (χ0v) is 14.4. The highest BCUT2D eigenvalue weighted by Gasteiger charge is 2.12. The molecule has 0 aliphatic heterocycles. The topological polar surface area (TPSA) is 64.0 Å². The molecule has 0 spiro atoms. The van der Waals surface area contributed by atoms with Crippen LogP contribution >= 0.6 is 0 Å². The first-order chi connectivity index (χ1) is 12.1. The molecule has 128 valence electrons. The van der Waals surface area contributed by atoms with Gasteiger partial charge in [0.05, 0.1) is 11.1 Å². The zero-order valence-electron chi connectivity index (χ0n) is 14.4. The summed E-state index contributed by atoms with van der Waals surface area (Å²) in [6.07, 6.45) is 0. The average molecular weight is 335 g/mol.